The van der Waals surface area contributed by atoms with Gasteiger partial charge in [0, 0.05) is 51.6 Å². The molecule has 2 aromatic rings. The van der Waals surface area contributed by atoms with Gasteiger partial charge in [-0.05, 0) is 59.7 Å². The van der Waals surface area contributed by atoms with E-state index in [2.05, 4.69) is 26.1 Å². The molecule has 3 rings (SSSR count). The van der Waals surface area contributed by atoms with Gasteiger partial charge in [-0.1, -0.05) is 32.9 Å². The molecule has 196 valence electrons. The van der Waals surface area contributed by atoms with Crippen LogP contribution in [-0.2, 0) is 27.3 Å². The van der Waals surface area contributed by atoms with Gasteiger partial charge in [0.15, 0.2) is 0 Å². The molecule has 0 unspecified atom stereocenters. The van der Waals surface area contributed by atoms with Crippen LogP contribution < -0.4 is 15.0 Å². The van der Waals surface area contributed by atoms with Gasteiger partial charge in [-0.3, -0.25) is 9.59 Å². The maximum atomic E-state index is 13.3. The molecule has 0 aromatic heterocycles. The topological polar surface area (TPSA) is 71.1 Å². The largest absolute Gasteiger partial charge is 0.497 e. The highest BCUT2D eigenvalue weighted by Crippen LogP contribution is 2.28. The van der Waals surface area contributed by atoms with Gasteiger partial charge in [-0.2, -0.15) is 0 Å². The van der Waals surface area contributed by atoms with Gasteiger partial charge < -0.3 is 24.6 Å². The molecule has 36 heavy (non-hydrogen) atoms. The first-order chi connectivity index (χ1) is 17.0. The summed E-state index contributed by atoms with van der Waals surface area (Å²) < 4.78 is 11.0. The molecule has 0 saturated carbocycles. The van der Waals surface area contributed by atoms with Crippen molar-refractivity contribution in [1.29, 1.82) is 0 Å². The number of hydrogen-bond acceptors (Lipinski definition) is 5. The molecule has 0 spiro atoms. The van der Waals surface area contributed by atoms with Crippen molar-refractivity contribution >= 4 is 23.2 Å². The summed E-state index contributed by atoms with van der Waals surface area (Å²) in [5, 5.41) is 3.02. The van der Waals surface area contributed by atoms with Crippen molar-refractivity contribution < 1.29 is 19.1 Å². The molecule has 1 saturated heterocycles. The number of anilines is 2. The molecule has 0 aliphatic carbocycles. The molecule has 0 bridgehead atoms. The lowest BCUT2D eigenvalue weighted by molar-refractivity contribution is -0.135. The van der Waals surface area contributed by atoms with E-state index < -0.39 is 0 Å². The van der Waals surface area contributed by atoms with E-state index in [0.717, 1.165) is 47.7 Å². The zero-order valence-electron chi connectivity index (χ0n) is 22.6. The highest BCUT2D eigenvalue weighted by molar-refractivity contribution is 5.92. The van der Waals surface area contributed by atoms with Crippen LogP contribution in [0.4, 0.5) is 11.4 Å². The van der Waals surface area contributed by atoms with E-state index >= 15 is 0 Å². The molecule has 1 fully saturated rings. The Labute approximate surface area is 215 Å². The molecule has 2 amide bonds. The molecule has 1 heterocycles. The number of methoxy groups -OCH3 is 1. The average molecular weight is 496 g/mol. The first-order valence-electron chi connectivity index (χ1n) is 12.7. The SMILES string of the molecule is COc1ccc(CC(=O)Nc2ccc(N(C)C)c(CN(C[C@H]3CCCO3)C(=O)CC(C)(C)C)c2)cc1. The smallest absolute Gasteiger partial charge is 0.228 e. The van der Waals surface area contributed by atoms with E-state index in [1.165, 1.54) is 0 Å². The van der Waals surface area contributed by atoms with Crippen molar-refractivity contribution in [3.8, 4) is 5.75 Å². The van der Waals surface area contributed by atoms with Crippen molar-refractivity contribution in [2.24, 2.45) is 5.41 Å². The van der Waals surface area contributed by atoms with Crippen LogP contribution in [0.1, 0.15) is 51.2 Å². The Balaban J connectivity index is 1.78. The van der Waals surface area contributed by atoms with Crippen LogP contribution in [-0.4, -0.2) is 57.2 Å². The summed E-state index contributed by atoms with van der Waals surface area (Å²) in [6, 6.07) is 13.4. The number of nitrogens with one attached hydrogen (secondary N) is 1. The fourth-order valence-corrected chi connectivity index (χ4v) is 4.42. The first-order valence-corrected chi connectivity index (χ1v) is 12.7. The Morgan fingerprint density at radius 3 is 2.42 bits per heavy atom. The fourth-order valence-electron chi connectivity index (χ4n) is 4.42. The normalized spacial score (nSPS) is 15.4. The Hall–Kier alpha value is -3.06. The second-order valence-electron chi connectivity index (χ2n) is 11.0. The second kappa shape index (κ2) is 12.3. The maximum Gasteiger partial charge on any atom is 0.228 e. The zero-order valence-corrected chi connectivity index (χ0v) is 22.6. The minimum atomic E-state index is -0.104. The van der Waals surface area contributed by atoms with Crippen molar-refractivity contribution in [1.82, 2.24) is 4.90 Å². The van der Waals surface area contributed by atoms with Crippen LogP contribution in [0.25, 0.3) is 0 Å². The van der Waals surface area contributed by atoms with E-state index in [0.29, 0.717) is 19.5 Å². The number of benzene rings is 2. The Kier molecular flexibility index (Phi) is 9.37. The molecule has 1 aliphatic rings. The van der Waals surface area contributed by atoms with E-state index in [1.807, 2.05) is 66.4 Å². The molecule has 1 N–H and O–H groups in total. The predicted octanol–water partition coefficient (Wildman–Crippen LogP) is 4.89. The lowest BCUT2D eigenvalue weighted by Gasteiger charge is -2.30. The molecule has 2 aromatic carbocycles. The molecule has 7 heteroatoms. The number of rotatable bonds is 10. The van der Waals surface area contributed by atoms with Crippen LogP contribution in [0, 0.1) is 5.41 Å². The first kappa shape index (κ1) is 27.5. The standard InChI is InChI=1S/C29H41N3O4/c1-29(2,3)18-28(34)32(20-25-8-7-15-36-25)19-22-17-23(11-14-26(22)31(4)5)30-27(33)16-21-9-12-24(35-6)13-10-21/h9-14,17,25H,7-8,15-16,18-20H2,1-6H3,(H,30,33)/t25-/m1/s1. The molecule has 1 atom stereocenters. The lowest BCUT2D eigenvalue weighted by Crippen LogP contribution is -2.38. The van der Waals surface area contributed by atoms with Gasteiger partial charge in [0.05, 0.1) is 19.6 Å². The summed E-state index contributed by atoms with van der Waals surface area (Å²) in [6.07, 6.45) is 2.81. The summed E-state index contributed by atoms with van der Waals surface area (Å²) in [5.41, 5.74) is 3.53. The predicted molar refractivity (Wildman–Crippen MR) is 145 cm³/mol. The van der Waals surface area contributed by atoms with Gasteiger partial charge in [0.1, 0.15) is 5.75 Å². The highest BCUT2D eigenvalue weighted by Gasteiger charge is 2.26. The average Bonchev–Trinajstić information content (AvgIpc) is 3.31. The summed E-state index contributed by atoms with van der Waals surface area (Å²) >= 11 is 0. The number of carbonyl (C=O) groups excluding carboxylic acids is 2. The highest BCUT2D eigenvalue weighted by atomic mass is 16.5. The number of ether oxygens (including phenoxy) is 2. The zero-order chi connectivity index (χ0) is 26.3. The number of nitrogens with zero attached hydrogens (tertiary/aromatic N) is 2. The van der Waals surface area contributed by atoms with Crippen LogP contribution >= 0.6 is 0 Å². The molecular weight excluding hydrogens is 454 g/mol. The Bertz CT molecular complexity index is 1020. The minimum Gasteiger partial charge on any atom is -0.497 e. The monoisotopic (exact) mass is 495 g/mol. The minimum absolute atomic E-state index is 0.0732. The van der Waals surface area contributed by atoms with E-state index in [1.54, 1.807) is 7.11 Å². The molecule has 7 nitrogen and oxygen atoms in total. The quantitative estimate of drug-likeness (QED) is 0.508. The van der Waals surface area contributed by atoms with E-state index in [9.17, 15) is 9.59 Å². The fraction of sp³-hybridized carbons (Fsp3) is 0.517. The molecular formula is C29H41N3O4. The Morgan fingerprint density at radius 1 is 1.11 bits per heavy atom. The lowest BCUT2D eigenvalue weighted by atomic mass is 9.91. The summed E-state index contributed by atoms with van der Waals surface area (Å²) in [4.78, 5) is 30.0. The van der Waals surface area contributed by atoms with Crippen LogP contribution in [0.2, 0.25) is 0 Å². The maximum absolute atomic E-state index is 13.3. The van der Waals surface area contributed by atoms with E-state index in [-0.39, 0.29) is 29.8 Å². The molecule has 1 aliphatic heterocycles. The molecule has 0 radical (unpaired) electrons. The van der Waals surface area contributed by atoms with Crippen molar-refractivity contribution in [3.63, 3.8) is 0 Å². The van der Waals surface area contributed by atoms with Crippen LogP contribution in [0.5, 0.6) is 5.75 Å². The van der Waals surface area contributed by atoms with Crippen LogP contribution in [0.15, 0.2) is 42.5 Å². The van der Waals surface area contributed by atoms with Gasteiger partial charge in [0.2, 0.25) is 11.8 Å². The number of hydrogen-bond donors (Lipinski definition) is 1. The van der Waals surface area contributed by atoms with Gasteiger partial charge in [0.25, 0.3) is 0 Å². The van der Waals surface area contributed by atoms with Crippen molar-refractivity contribution in [3.05, 3.63) is 53.6 Å². The van der Waals surface area contributed by atoms with Crippen molar-refractivity contribution in [2.45, 2.75) is 59.1 Å². The third-order valence-electron chi connectivity index (χ3n) is 6.21. The number of amides is 2. The number of carbonyl (C=O) groups is 2. The van der Waals surface area contributed by atoms with Gasteiger partial charge in [-0.15, -0.1) is 0 Å². The Morgan fingerprint density at radius 2 is 1.83 bits per heavy atom. The summed E-state index contributed by atoms with van der Waals surface area (Å²) in [7, 11) is 5.60. The second-order valence-corrected chi connectivity index (χ2v) is 11.0. The van der Waals surface area contributed by atoms with Gasteiger partial charge in [-0.25, -0.2) is 0 Å². The third kappa shape index (κ3) is 8.26. The summed E-state index contributed by atoms with van der Waals surface area (Å²) in [6.45, 7) is 8.04. The summed E-state index contributed by atoms with van der Waals surface area (Å²) in [5.74, 6) is 0.789. The van der Waals surface area contributed by atoms with Gasteiger partial charge >= 0.3 is 0 Å². The third-order valence-corrected chi connectivity index (χ3v) is 6.21. The van der Waals surface area contributed by atoms with Crippen molar-refractivity contribution in [2.75, 3.05) is 44.6 Å². The van der Waals surface area contributed by atoms with Crippen LogP contribution in [0.3, 0.4) is 0 Å². The van der Waals surface area contributed by atoms with E-state index in [4.69, 9.17) is 9.47 Å².